The number of nitrogens with one attached hydrogen (secondary N) is 6. The Morgan fingerprint density at radius 1 is 0.855 bits per heavy atom. The Balaban J connectivity index is 1.16. The summed E-state index contributed by atoms with van der Waals surface area (Å²) in [4.78, 5) is 58.4. The Bertz CT molecular complexity index is 2390. The minimum atomic E-state index is -4.87. The quantitative estimate of drug-likeness (QED) is 0.0855. The number of rotatable bonds is 13. The summed E-state index contributed by atoms with van der Waals surface area (Å²) in [6.07, 6.45) is -0.299. The molecule has 2 fully saturated rings. The van der Waals surface area contributed by atoms with Crippen molar-refractivity contribution in [3.8, 4) is 11.1 Å². The van der Waals surface area contributed by atoms with Crippen molar-refractivity contribution in [2.24, 2.45) is 11.8 Å². The van der Waals surface area contributed by atoms with E-state index in [1.165, 1.54) is 18.2 Å². The zero-order chi connectivity index (χ0) is 45.0. The van der Waals surface area contributed by atoms with E-state index in [9.17, 15) is 40.8 Å². The number of sulfonamides is 1. The minimum Gasteiger partial charge on any atom is -0.444 e. The van der Waals surface area contributed by atoms with Gasteiger partial charge in [0.2, 0.25) is 21.8 Å². The van der Waals surface area contributed by atoms with Crippen LogP contribution in [0.25, 0.3) is 22.2 Å². The van der Waals surface area contributed by atoms with E-state index in [1.54, 1.807) is 51.1 Å². The number of ether oxygens (including phenoxy) is 1. The summed E-state index contributed by atoms with van der Waals surface area (Å²) >= 11 is 0. The number of fused-ring (bicyclic) bond motifs is 1. The van der Waals surface area contributed by atoms with E-state index in [2.05, 4.69) is 35.5 Å². The van der Waals surface area contributed by atoms with Gasteiger partial charge in [0.1, 0.15) is 11.6 Å². The first-order valence-corrected chi connectivity index (χ1v) is 22.4. The van der Waals surface area contributed by atoms with Gasteiger partial charge in [0.25, 0.3) is 0 Å². The summed E-state index contributed by atoms with van der Waals surface area (Å²) in [5, 5.41) is 8.50. The van der Waals surface area contributed by atoms with Crippen LogP contribution >= 0.6 is 0 Å². The number of nitrogens with zero attached hydrogens (tertiary/aromatic N) is 1. The highest BCUT2D eigenvalue weighted by molar-refractivity contribution is 7.89. The van der Waals surface area contributed by atoms with Crippen molar-refractivity contribution in [3.05, 3.63) is 82.3 Å². The molecule has 0 saturated heterocycles. The maximum absolute atomic E-state index is 14.6. The predicted octanol–water partition coefficient (Wildman–Crippen LogP) is 6.69. The molecule has 1 aromatic heterocycles. The Labute approximate surface area is 359 Å². The van der Waals surface area contributed by atoms with Gasteiger partial charge in [0.15, 0.2) is 0 Å². The number of carbonyl (C=O) groups excluding carboxylic acids is 3. The fourth-order valence-electron chi connectivity index (χ4n) is 8.24. The zero-order valence-corrected chi connectivity index (χ0v) is 36.4. The molecule has 4 aromatic rings. The van der Waals surface area contributed by atoms with Crippen LogP contribution in [0.5, 0.6) is 0 Å². The van der Waals surface area contributed by atoms with E-state index >= 15 is 0 Å². The van der Waals surface area contributed by atoms with Gasteiger partial charge in [0, 0.05) is 36.7 Å². The Kier molecular flexibility index (Phi) is 14.2. The number of halogens is 3. The van der Waals surface area contributed by atoms with E-state index in [1.807, 2.05) is 14.1 Å². The molecule has 1 atom stereocenters. The number of amides is 3. The number of H-pyrrole nitrogens is 2. The standard InChI is InChI=1S/C44H56F3N7O7S/c1-43(2,3)61-42(58)48-25-27-8-12-29(13-9-27)39(55)50-38(40(56)49-31-16-21-36-37(23-31)52-41(57)51-36)22-26-6-10-28(11-7-26)34-20-19-33(24-35(34)44(45,46)47)62(59,60)53-30-14-17-32(18-15-30)54(4)5/h6-7,10-11,16,19-21,23-24,27,29-30,32,38,53H,8-9,12-15,17-18,22,25H2,1-5H3,(H,48,58)(H,49,56)(H,50,55)(H2,51,52,57). The van der Waals surface area contributed by atoms with E-state index in [-0.39, 0.29) is 35.4 Å². The number of alkyl halides is 3. The fourth-order valence-corrected chi connectivity index (χ4v) is 9.57. The first kappa shape index (κ1) is 46.3. The molecule has 6 N–H and O–H groups in total. The molecule has 0 bridgehead atoms. The lowest BCUT2D eigenvalue weighted by Gasteiger charge is -2.32. The Morgan fingerprint density at radius 2 is 1.52 bits per heavy atom. The van der Waals surface area contributed by atoms with Crippen LogP contribution in [0.15, 0.2) is 70.4 Å². The second-order valence-corrected chi connectivity index (χ2v) is 19.4. The second-order valence-electron chi connectivity index (χ2n) is 17.7. The molecule has 0 spiro atoms. The van der Waals surface area contributed by atoms with Gasteiger partial charge in [-0.3, -0.25) is 9.59 Å². The van der Waals surface area contributed by atoms with Crippen LogP contribution in [0.4, 0.5) is 23.7 Å². The van der Waals surface area contributed by atoms with Crippen molar-refractivity contribution in [1.82, 2.24) is 30.2 Å². The Morgan fingerprint density at radius 3 is 2.15 bits per heavy atom. The molecule has 1 unspecified atom stereocenters. The third kappa shape index (κ3) is 12.2. The highest BCUT2D eigenvalue weighted by Gasteiger charge is 2.36. The molecule has 62 heavy (non-hydrogen) atoms. The van der Waals surface area contributed by atoms with Gasteiger partial charge in [-0.1, -0.05) is 30.3 Å². The third-order valence-electron chi connectivity index (χ3n) is 11.6. The van der Waals surface area contributed by atoms with Crippen molar-refractivity contribution in [2.45, 2.75) is 113 Å². The normalized spacial score (nSPS) is 20.4. The minimum absolute atomic E-state index is 0.0122. The lowest BCUT2D eigenvalue weighted by molar-refractivity contribution is -0.137. The largest absolute Gasteiger partial charge is 0.444 e. The van der Waals surface area contributed by atoms with Crippen molar-refractivity contribution in [2.75, 3.05) is 26.0 Å². The number of anilines is 1. The molecule has 1 heterocycles. The molecule has 3 aromatic carbocycles. The summed E-state index contributed by atoms with van der Waals surface area (Å²) < 4.78 is 78.2. The Hall–Kier alpha value is -5.20. The molecule has 2 aliphatic carbocycles. The summed E-state index contributed by atoms with van der Waals surface area (Å²) in [5.41, 5.74) is -0.286. The lowest BCUT2D eigenvalue weighted by atomic mass is 9.81. The van der Waals surface area contributed by atoms with Crippen LogP contribution in [0, 0.1) is 11.8 Å². The predicted molar refractivity (Wildman–Crippen MR) is 230 cm³/mol. The second kappa shape index (κ2) is 19.0. The molecule has 14 nitrogen and oxygen atoms in total. The number of benzene rings is 3. The number of hydrogen-bond donors (Lipinski definition) is 6. The van der Waals surface area contributed by atoms with E-state index < -0.39 is 61.9 Å². The molecule has 0 aliphatic heterocycles. The van der Waals surface area contributed by atoms with E-state index in [4.69, 9.17) is 4.74 Å². The number of aromatic amines is 2. The maximum atomic E-state index is 14.6. The highest BCUT2D eigenvalue weighted by Crippen LogP contribution is 2.39. The molecule has 2 aliphatic rings. The molecule has 2 saturated carbocycles. The number of carbonyl (C=O) groups is 3. The van der Waals surface area contributed by atoms with Gasteiger partial charge in [-0.25, -0.2) is 22.7 Å². The van der Waals surface area contributed by atoms with Crippen LogP contribution in [-0.4, -0.2) is 85.6 Å². The number of aromatic nitrogens is 2. The average Bonchev–Trinajstić information content (AvgIpc) is 3.58. The summed E-state index contributed by atoms with van der Waals surface area (Å²) in [7, 11) is -0.322. The van der Waals surface area contributed by atoms with Crippen LogP contribution in [-0.2, 0) is 36.9 Å². The molecule has 3 amide bonds. The van der Waals surface area contributed by atoms with Crippen molar-refractivity contribution < 1.29 is 40.7 Å². The van der Waals surface area contributed by atoms with Crippen molar-refractivity contribution in [1.29, 1.82) is 0 Å². The average molecular weight is 884 g/mol. The van der Waals surface area contributed by atoms with Gasteiger partial charge >= 0.3 is 18.0 Å². The topological polar surface area (TPSA) is 195 Å². The lowest BCUT2D eigenvalue weighted by Crippen LogP contribution is -2.48. The zero-order valence-electron chi connectivity index (χ0n) is 35.6. The molecular weight excluding hydrogens is 828 g/mol. The molecule has 0 radical (unpaired) electrons. The first-order chi connectivity index (χ1) is 29.1. The summed E-state index contributed by atoms with van der Waals surface area (Å²) in [6.45, 7) is 5.75. The number of alkyl carbamates (subject to hydrolysis) is 1. The number of hydrogen-bond acceptors (Lipinski definition) is 8. The number of imidazole rings is 1. The first-order valence-electron chi connectivity index (χ1n) is 20.9. The van der Waals surface area contributed by atoms with Crippen molar-refractivity contribution in [3.63, 3.8) is 0 Å². The monoisotopic (exact) mass is 883 g/mol. The van der Waals surface area contributed by atoms with Crippen LogP contribution in [0.1, 0.15) is 83.3 Å². The molecular formula is C44H56F3N7O7S. The summed E-state index contributed by atoms with van der Waals surface area (Å²) in [6, 6.07) is 12.7. The summed E-state index contributed by atoms with van der Waals surface area (Å²) in [5.74, 6) is -1.13. The highest BCUT2D eigenvalue weighted by atomic mass is 32.2. The van der Waals surface area contributed by atoms with Crippen LogP contribution in [0.2, 0.25) is 0 Å². The van der Waals surface area contributed by atoms with Gasteiger partial charge in [-0.15, -0.1) is 0 Å². The van der Waals surface area contributed by atoms with Crippen molar-refractivity contribution >= 4 is 44.7 Å². The van der Waals surface area contributed by atoms with E-state index in [0.717, 1.165) is 18.9 Å². The van der Waals surface area contributed by atoms with E-state index in [0.29, 0.717) is 79.5 Å². The van der Waals surface area contributed by atoms with Gasteiger partial charge in [0.05, 0.1) is 21.5 Å². The fraction of sp³-hybridized carbons (Fsp3) is 0.500. The SMILES string of the molecule is CN(C)C1CCC(NS(=O)(=O)c2ccc(-c3ccc(CC(NC(=O)C4CCC(CNC(=O)OC(C)(C)C)CC4)C(=O)Nc4ccc5[nH]c(=O)[nH]c5c4)cc3)c(C(F)(F)F)c2)CC1. The van der Waals surface area contributed by atoms with Gasteiger partial charge in [-0.05, 0) is 139 Å². The van der Waals surface area contributed by atoms with Crippen LogP contribution < -0.4 is 26.4 Å². The van der Waals surface area contributed by atoms with Crippen LogP contribution in [0.3, 0.4) is 0 Å². The van der Waals surface area contributed by atoms with Gasteiger partial charge in [-0.2, -0.15) is 13.2 Å². The third-order valence-corrected chi connectivity index (χ3v) is 13.1. The molecule has 6 rings (SSSR count). The molecule has 336 valence electrons. The molecule has 18 heteroatoms. The van der Waals surface area contributed by atoms with Gasteiger partial charge < -0.3 is 35.6 Å². The maximum Gasteiger partial charge on any atom is 0.417 e. The smallest absolute Gasteiger partial charge is 0.417 e.